The molecule has 1 heterocycles. The summed E-state index contributed by atoms with van der Waals surface area (Å²) >= 11 is 0. The van der Waals surface area contributed by atoms with Gasteiger partial charge < -0.3 is 5.32 Å². The van der Waals surface area contributed by atoms with Crippen LogP contribution in [0.25, 0.3) is 0 Å². The van der Waals surface area contributed by atoms with E-state index in [1.54, 1.807) is 6.07 Å². The van der Waals surface area contributed by atoms with E-state index in [1.807, 2.05) is 19.9 Å². The SMILES string of the molecule is C=CCCCCC[C@H](C)NC(=O)c1cc(C)[nH]n1. The fourth-order valence-electron chi connectivity index (χ4n) is 1.82. The molecule has 0 unspecified atom stereocenters. The molecule has 0 spiro atoms. The van der Waals surface area contributed by atoms with Crippen LogP contribution in [-0.4, -0.2) is 22.1 Å². The van der Waals surface area contributed by atoms with E-state index in [9.17, 15) is 4.79 Å². The first-order valence-corrected chi connectivity index (χ1v) is 6.57. The summed E-state index contributed by atoms with van der Waals surface area (Å²) < 4.78 is 0. The maximum atomic E-state index is 11.8. The third-order valence-corrected chi connectivity index (χ3v) is 2.86. The van der Waals surface area contributed by atoms with E-state index in [0.29, 0.717) is 5.69 Å². The number of unbranched alkanes of at least 4 members (excludes halogenated alkanes) is 3. The van der Waals surface area contributed by atoms with Gasteiger partial charge in [-0.1, -0.05) is 18.9 Å². The van der Waals surface area contributed by atoms with Crippen molar-refractivity contribution in [3.63, 3.8) is 0 Å². The Kier molecular flexibility index (Phi) is 6.19. The third kappa shape index (κ3) is 5.17. The van der Waals surface area contributed by atoms with Crippen LogP contribution in [0.15, 0.2) is 18.7 Å². The second-order valence-electron chi connectivity index (χ2n) is 4.74. The van der Waals surface area contributed by atoms with Crippen LogP contribution >= 0.6 is 0 Å². The summed E-state index contributed by atoms with van der Waals surface area (Å²) in [4.78, 5) is 11.8. The molecule has 0 saturated heterocycles. The highest BCUT2D eigenvalue weighted by atomic mass is 16.2. The fraction of sp³-hybridized carbons (Fsp3) is 0.571. The highest BCUT2D eigenvalue weighted by Gasteiger charge is 2.11. The van der Waals surface area contributed by atoms with Gasteiger partial charge in [-0.05, 0) is 39.2 Å². The summed E-state index contributed by atoms with van der Waals surface area (Å²) in [7, 11) is 0. The molecule has 0 radical (unpaired) electrons. The molecule has 1 aromatic heterocycles. The molecule has 4 heteroatoms. The van der Waals surface area contributed by atoms with Gasteiger partial charge in [-0.25, -0.2) is 0 Å². The first-order chi connectivity index (χ1) is 8.63. The van der Waals surface area contributed by atoms with Crippen molar-refractivity contribution in [3.8, 4) is 0 Å². The van der Waals surface area contributed by atoms with Gasteiger partial charge in [-0.3, -0.25) is 9.89 Å². The van der Waals surface area contributed by atoms with Crippen molar-refractivity contribution in [2.24, 2.45) is 0 Å². The zero-order valence-corrected chi connectivity index (χ0v) is 11.3. The Morgan fingerprint density at radius 1 is 1.56 bits per heavy atom. The lowest BCUT2D eigenvalue weighted by atomic mass is 10.1. The molecule has 1 aromatic rings. The number of carbonyl (C=O) groups is 1. The molecule has 1 amide bonds. The summed E-state index contributed by atoms with van der Waals surface area (Å²) in [5, 5.41) is 9.67. The van der Waals surface area contributed by atoms with Gasteiger partial charge in [0.15, 0.2) is 0 Å². The Morgan fingerprint density at radius 2 is 2.33 bits per heavy atom. The van der Waals surface area contributed by atoms with Crippen molar-refractivity contribution in [2.75, 3.05) is 0 Å². The summed E-state index contributed by atoms with van der Waals surface area (Å²) in [6.45, 7) is 7.62. The first kappa shape index (κ1) is 14.5. The fourth-order valence-corrected chi connectivity index (χ4v) is 1.82. The summed E-state index contributed by atoms with van der Waals surface area (Å²) in [6, 6.07) is 1.95. The monoisotopic (exact) mass is 249 g/mol. The predicted octanol–water partition coefficient (Wildman–Crippen LogP) is 2.97. The predicted molar refractivity (Wildman–Crippen MR) is 73.5 cm³/mol. The van der Waals surface area contributed by atoms with Crippen LogP contribution in [0.1, 0.15) is 55.2 Å². The molecule has 0 aliphatic rings. The lowest BCUT2D eigenvalue weighted by Crippen LogP contribution is -2.32. The maximum absolute atomic E-state index is 11.8. The quantitative estimate of drug-likeness (QED) is 0.549. The number of amides is 1. The summed E-state index contributed by atoms with van der Waals surface area (Å²) in [5.74, 6) is -0.0991. The van der Waals surface area contributed by atoms with Gasteiger partial charge >= 0.3 is 0 Å². The Labute approximate surface area is 109 Å². The van der Waals surface area contributed by atoms with E-state index in [2.05, 4.69) is 22.1 Å². The molecule has 0 bridgehead atoms. The number of carbonyl (C=O) groups excluding carboxylic acids is 1. The van der Waals surface area contributed by atoms with E-state index in [0.717, 1.165) is 25.0 Å². The Hall–Kier alpha value is -1.58. The molecule has 1 rings (SSSR count). The van der Waals surface area contributed by atoms with Crippen molar-refractivity contribution in [2.45, 2.75) is 52.0 Å². The zero-order chi connectivity index (χ0) is 13.4. The molecular formula is C14H23N3O. The van der Waals surface area contributed by atoms with Crippen molar-refractivity contribution in [1.82, 2.24) is 15.5 Å². The minimum absolute atomic E-state index is 0.0991. The van der Waals surface area contributed by atoms with Gasteiger partial charge in [0.05, 0.1) is 0 Å². The van der Waals surface area contributed by atoms with E-state index >= 15 is 0 Å². The number of allylic oxidation sites excluding steroid dienone is 1. The number of nitrogens with zero attached hydrogens (tertiary/aromatic N) is 1. The molecule has 0 aliphatic heterocycles. The van der Waals surface area contributed by atoms with Crippen molar-refractivity contribution in [1.29, 1.82) is 0 Å². The Balaban J connectivity index is 2.21. The van der Waals surface area contributed by atoms with Crippen LogP contribution < -0.4 is 5.32 Å². The maximum Gasteiger partial charge on any atom is 0.271 e. The average molecular weight is 249 g/mol. The molecule has 0 aromatic carbocycles. The highest BCUT2D eigenvalue weighted by molar-refractivity contribution is 5.92. The van der Waals surface area contributed by atoms with Crippen LogP contribution in [0.2, 0.25) is 0 Å². The number of H-pyrrole nitrogens is 1. The Morgan fingerprint density at radius 3 is 2.94 bits per heavy atom. The number of aryl methyl sites for hydroxylation is 1. The third-order valence-electron chi connectivity index (χ3n) is 2.86. The van der Waals surface area contributed by atoms with Gasteiger partial charge in [-0.15, -0.1) is 6.58 Å². The molecule has 18 heavy (non-hydrogen) atoms. The summed E-state index contributed by atoms with van der Waals surface area (Å²) in [6.07, 6.45) is 7.54. The molecule has 4 nitrogen and oxygen atoms in total. The van der Waals surface area contributed by atoms with Gasteiger partial charge in [0.2, 0.25) is 0 Å². The highest BCUT2D eigenvalue weighted by Crippen LogP contribution is 2.06. The minimum Gasteiger partial charge on any atom is -0.348 e. The van der Waals surface area contributed by atoms with Crippen LogP contribution in [0.3, 0.4) is 0 Å². The van der Waals surface area contributed by atoms with Gasteiger partial charge in [0, 0.05) is 11.7 Å². The van der Waals surface area contributed by atoms with E-state index < -0.39 is 0 Å². The van der Waals surface area contributed by atoms with E-state index in [-0.39, 0.29) is 11.9 Å². The van der Waals surface area contributed by atoms with E-state index in [1.165, 1.54) is 12.8 Å². The normalized spacial score (nSPS) is 12.1. The van der Waals surface area contributed by atoms with Crippen LogP contribution in [-0.2, 0) is 0 Å². The van der Waals surface area contributed by atoms with Gasteiger partial charge in [-0.2, -0.15) is 5.10 Å². The topological polar surface area (TPSA) is 57.8 Å². The minimum atomic E-state index is -0.0991. The van der Waals surface area contributed by atoms with Crippen molar-refractivity contribution < 1.29 is 4.79 Å². The molecule has 0 fully saturated rings. The van der Waals surface area contributed by atoms with Crippen molar-refractivity contribution >= 4 is 5.91 Å². The number of aromatic amines is 1. The summed E-state index contributed by atoms with van der Waals surface area (Å²) in [5.41, 5.74) is 1.36. The molecule has 0 saturated carbocycles. The van der Waals surface area contributed by atoms with Gasteiger partial charge in [0.25, 0.3) is 5.91 Å². The average Bonchev–Trinajstić information content (AvgIpc) is 2.75. The molecular weight excluding hydrogens is 226 g/mol. The lowest BCUT2D eigenvalue weighted by Gasteiger charge is -2.12. The van der Waals surface area contributed by atoms with Crippen LogP contribution in [0.5, 0.6) is 0 Å². The Bertz CT molecular complexity index is 384. The molecule has 0 aliphatic carbocycles. The largest absolute Gasteiger partial charge is 0.348 e. The molecule has 2 N–H and O–H groups in total. The van der Waals surface area contributed by atoms with Crippen molar-refractivity contribution in [3.05, 3.63) is 30.1 Å². The first-order valence-electron chi connectivity index (χ1n) is 6.57. The standard InChI is InChI=1S/C14H23N3O/c1-4-5-6-7-8-9-11(2)15-14(18)13-10-12(3)16-17-13/h4,10-11H,1,5-9H2,2-3H3,(H,15,18)(H,16,17)/t11-/m0/s1. The van der Waals surface area contributed by atoms with E-state index in [4.69, 9.17) is 0 Å². The number of nitrogens with one attached hydrogen (secondary N) is 2. The van der Waals surface area contributed by atoms with Gasteiger partial charge in [0.1, 0.15) is 5.69 Å². The van der Waals surface area contributed by atoms with Crippen LogP contribution in [0.4, 0.5) is 0 Å². The number of aromatic nitrogens is 2. The lowest BCUT2D eigenvalue weighted by molar-refractivity contribution is 0.0933. The smallest absolute Gasteiger partial charge is 0.271 e. The number of rotatable bonds is 8. The number of hydrogen-bond donors (Lipinski definition) is 2. The zero-order valence-electron chi connectivity index (χ0n) is 11.3. The molecule has 1 atom stereocenters. The van der Waals surface area contributed by atoms with Crippen LogP contribution in [0, 0.1) is 6.92 Å². The number of hydrogen-bond acceptors (Lipinski definition) is 2. The second kappa shape index (κ2) is 7.69. The molecule has 100 valence electrons. The second-order valence-corrected chi connectivity index (χ2v) is 4.74.